The van der Waals surface area contributed by atoms with Gasteiger partial charge in [0.05, 0.1) is 6.61 Å². The smallest absolute Gasteiger partial charge is 0.241 e. The molecular formula is C15H20N2O3. The minimum absolute atomic E-state index is 0.0898. The summed E-state index contributed by atoms with van der Waals surface area (Å²) >= 11 is 0. The molecule has 1 aliphatic carbocycles. The lowest BCUT2D eigenvalue weighted by Gasteiger charge is -2.10. The molecule has 1 aliphatic rings. The number of amides is 2. The second-order valence-electron chi connectivity index (χ2n) is 4.85. The maximum atomic E-state index is 11.7. The molecule has 0 atom stereocenters. The van der Waals surface area contributed by atoms with E-state index in [-0.39, 0.29) is 17.7 Å². The number of nitrogens with one attached hydrogen (secondary N) is 2. The highest BCUT2D eigenvalue weighted by molar-refractivity contribution is 5.84. The molecule has 0 aliphatic heterocycles. The molecule has 0 radical (unpaired) electrons. The van der Waals surface area contributed by atoms with Gasteiger partial charge in [-0.25, -0.2) is 0 Å². The van der Waals surface area contributed by atoms with Crippen molar-refractivity contribution in [3.8, 4) is 5.75 Å². The van der Waals surface area contributed by atoms with Gasteiger partial charge in [-0.2, -0.15) is 0 Å². The number of aryl methyl sites for hydroxylation is 1. The van der Waals surface area contributed by atoms with Crippen LogP contribution in [0.3, 0.4) is 0 Å². The maximum Gasteiger partial charge on any atom is 0.241 e. The van der Waals surface area contributed by atoms with E-state index in [1.165, 1.54) is 0 Å². The summed E-state index contributed by atoms with van der Waals surface area (Å²) in [5.74, 6) is 0.622. The van der Waals surface area contributed by atoms with E-state index in [1.54, 1.807) is 0 Å². The topological polar surface area (TPSA) is 67.4 Å². The number of benzene rings is 1. The predicted molar refractivity (Wildman–Crippen MR) is 74.9 cm³/mol. The van der Waals surface area contributed by atoms with Gasteiger partial charge in [0.2, 0.25) is 11.8 Å². The first-order chi connectivity index (χ1) is 9.70. The van der Waals surface area contributed by atoms with Crippen molar-refractivity contribution in [3.63, 3.8) is 0 Å². The van der Waals surface area contributed by atoms with Crippen LogP contribution in [0.5, 0.6) is 5.75 Å². The number of hydrazine groups is 1. The Bertz CT molecular complexity index is 484. The Kier molecular flexibility index (Phi) is 4.98. The number of hydrogen-bond donors (Lipinski definition) is 2. The zero-order chi connectivity index (χ0) is 14.4. The van der Waals surface area contributed by atoms with Crippen molar-refractivity contribution in [2.75, 3.05) is 6.61 Å². The van der Waals surface area contributed by atoms with E-state index in [0.717, 1.165) is 24.2 Å². The first kappa shape index (κ1) is 14.4. The normalized spacial score (nSPS) is 13.7. The summed E-state index contributed by atoms with van der Waals surface area (Å²) in [5, 5.41) is 0. The van der Waals surface area contributed by atoms with Crippen LogP contribution in [0.1, 0.15) is 31.7 Å². The molecule has 1 saturated carbocycles. The van der Waals surface area contributed by atoms with E-state index >= 15 is 0 Å². The van der Waals surface area contributed by atoms with Gasteiger partial charge in [-0.15, -0.1) is 0 Å². The van der Waals surface area contributed by atoms with E-state index in [9.17, 15) is 9.59 Å². The van der Waals surface area contributed by atoms with Crippen molar-refractivity contribution < 1.29 is 14.3 Å². The van der Waals surface area contributed by atoms with E-state index in [2.05, 4.69) is 10.9 Å². The molecule has 1 aromatic rings. The average molecular weight is 276 g/mol. The highest BCUT2D eigenvalue weighted by atomic mass is 16.5. The Hall–Kier alpha value is -2.04. The summed E-state index contributed by atoms with van der Waals surface area (Å²) in [6, 6.07) is 7.67. The van der Waals surface area contributed by atoms with Crippen LogP contribution in [0.4, 0.5) is 0 Å². The molecule has 0 bridgehead atoms. The molecule has 0 spiro atoms. The summed E-state index contributed by atoms with van der Waals surface area (Å²) in [6.07, 6.45) is 2.74. The van der Waals surface area contributed by atoms with Crippen molar-refractivity contribution >= 4 is 11.8 Å². The van der Waals surface area contributed by atoms with Crippen LogP contribution in [0.2, 0.25) is 0 Å². The van der Waals surface area contributed by atoms with Gasteiger partial charge < -0.3 is 4.74 Å². The first-order valence-corrected chi connectivity index (χ1v) is 7.00. The Morgan fingerprint density at radius 3 is 2.70 bits per heavy atom. The molecule has 20 heavy (non-hydrogen) atoms. The molecule has 5 heteroatoms. The molecule has 2 rings (SSSR count). The van der Waals surface area contributed by atoms with Gasteiger partial charge in [0.1, 0.15) is 5.75 Å². The molecule has 1 aromatic carbocycles. The minimum Gasteiger partial charge on any atom is -0.494 e. The largest absolute Gasteiger partial charge is 0.494 e. The predicted octanol–water partition coefficient (Wildman–Crippen LogP) is 1.58. The number of para-hydroxylation sites is 1. The number of carbonyl (C=O) groups is 2. The minimum atomic E-state index is -0.190. The first-order valence-electron chi connectivity index (χ1n) is 7.00. The third-order valence-corrected chi connectivity index (χ3v) is 3.17. The van der Waals surface area contributed by atoms with Crippen molar-refractivity contribution in [2.24, 2.45) is 5.92 Å². The summed E-state index contributed by atoms with van der Waals surface area (Å²) in [6.45, 7) is 2.53. The van der Waals surface area contributed by atoms with E-state index in [4.69, 9.17) is 4.74 Å². The van der Waals surface area contributed by atoms with Crippen LogP contribution < -0.4 is 15.6 Å². The fourth-order valence-corrected chi connectivity index (χ4v) is 1.90. The summed E-state index contributed by atoms with van der Waals surface area (Å²) in [7, 11) is 0. The molecule has 1 fully saturated rings. The van der Waals surface area contributed by atoms with Crippen molar-refractivity contribution in [3.05, 3.63) is 29.8 Å². The van der Waals surface area contributed by atoms with Crippen LogP contribution >= 0.6 is 0 Å². The molecule has 0 aromatic heterocycles. The van der Waals surface area contributed by atoms with Gasteiger partial charge in [0.25, 0.3) is 0 Å². The number of hydrogen-bond acceptors (Lipinski definition) is 3. The number of carbonyl (C=O) groups excluding carboxylic acids is 2. The lowest BCUT2D eigenvalue weighted by Crippen LogP contribution is -2.42. The fraction of sp³-hybridized carbons (Fsp3) is 0.467. The van der Waals surface area contributed by atoms with Crippen LogP contribution in [0.25, 0.3) is 0 Å². The summed E-state index contributed by atoms with van der Waals surface area (Å²) < 4.78 is 5.51. The maximum absolute atomic E-state index is 11.7. The number of ether oxygens (including phenoxy) is 1. The highest BCUT2D eigenvalue weighted by Gasteiger charge is 2.29. The van der Waals surface area contributed by atoms with Crippen LogP contribution in [0, 0.1) is 5.92 Å². The summed E-state index contributed by atoms with van der Waals surface area (Å²) in [4.78, 5) is 23.0. The van der Waals surface area contributed by atoms with Gasteiger partial charge in [0, 0.05) is 12.3 Å². The molecule has 0 heterocycles. The van der Waals surface area contributed by atoms with Gasteiger partial charge in [-0.1, -0.05) is 18.2 Å². The van der Waals surface area contributed by atoms with Crippen molar-refractivity contribution in [1.29, 1.82) is 0 Å². The van der Waals surface area contributed by atoms with Crippen LogP contribution in [0.15, 0.2) is 24.3 Å². The zero-order valence-corrected chi connectivity index (χ0v) is 11.6. The average Bonchev–Trinajstić information content (AvgIpc) is 3.29. The van der Waals surface area contributed by atoms with Gasteiger partial charge in [0.15, 0.2) is 0 Å². The standard InChI is InChI=1S/C15H20N2O3/c1-2-20-13-6-4-3-5-11(13)9-10-14(18)16-17-15(19)12-7-8-12/h3-6,12H,2,7-10H2,1H3,(H,16,18)(H,17,19). The molecule has 0 saturated heterocycles. The molecular weight excluding hydrogens is 256 g/mol. The molecule has 5 nitrogen and oxygen atoms in total. The van der Waals surface area contributed by atoms with E-state index in [1.807, 2.05) is 31.2 Å². The Morgan fingerprint density at radius 1 is 1.25 bits per heavy atom. The van der Waals surface area contributed by atoms with E-state index < -0.39 is 0 Å². The molecule has 2 N–H and O–H groups in total. The van der Waals surface area contributed by atoms with E-state index in [0.29, 0.717) is 19.4 Å². The van der Waals surface area contributed by atoms with Gasteiger partial charge in [-0.05, 0) is 37.8 Å². The lowest BCUT2D eigenvalue weighted by atomic mass is 10.1. The third kappa shape index (κ3) is 4.26. The Labute approximate surface area is 118 Å². The molecule has 108 valence electrons. The molecule has 0 unspecified atom stereocenters. The van der Waals surface area contributed by atoms with Gasteiger partial charge >= 0.3 is 0 Å². The van der Waals surface area contributed by atoms with Crippen molar-refractivity contribution in [2.45, 2.75) is 32.6 Å². The van der Waals surface area contributed by atoms with Crippen molar-refractivity contribution in [1.82, 2.24) is 10.9 Å². The SMILES string of the molecule is CCOc1ccccc1CCC(=O)NNC(=O)C1CC1. The Morgan fingerprint density at radius 2 is 2.00 bits per heavy atom. The molecule has 2 amide bonds. The van der Waals surface area contributed by atoms with Crippen LogP contribution in [-0.2, 0) is 16.0 Å². The quantitative estimate of drug-likeness (QED) is 0.775. The highest BCUT2D eigenvalue weighted by Crippen LogP contribution is 2.28. The van der Waals surface area contributed by atoms with Gasteiger partial charge in [-0.3, -0.25) is 20.4 Å². The fourth-order valence-electron chi connectivity index (χ4n) is 1.90. The second-order valence-corrected chi connectivity index (χ2v) is 4.85. The van der Waals surface area contributed by atoms with Crippen LogP contribution in [-0.4, -0.2) is 18.4 Å². The third-order valence-electron chi connectivity index (χ3n) is 3.17. The monoisotopic (exact) mass is 276 g/mol. The Balaban J connectivity index is 1.76. The summed E-state index contributed by atoms with van der Waals surface area (Å²) in [5.41, 5.74) is 5.90. The zero-order valence-electron chi connectivity index (χ0n) is 11.6. The second kappa shape index (κ2) is 6.93. The number of rotatable bonds is 6. The lowest BCUT2D eigenvalue weighted by molar-refractivity contribution is -0.129.